The van der Waals surface area contributed by atoms with Crippen LogP contribution in [0, 0.1) is 11.3 Å². The second kappa shape index (κ2) is 4.06. The fourth-order valence-corrected chi connectivity index (χ4v) is 2.54. The zero-order chi connectivity index (χ0) is 11.7. The number of nitriles is 1. The van der Waals surface area contributed by atoms with E-state index in [1.807, 2.05) is 24.4 Å². The molecule has 0 unspecified atom stereocenters. The van der Waals surface area contributed by atoms with Crippen molar-refractivity contribution in [1.29, 1.82) is 5.26 Å². The molecule has 17 heavy (non-hydrogen) atoms. The molecule has 0 amide bonds. The third-order valence-corrected chi connectivity index (χ3v) is 3.30. The SMILES string of the molecule is N#Cc1cc2n(c1-c1cccnc1)CCCC2. The molecule has 3 nitrogen and oxygen atoms in total. The number of pyridine rings is 1. The second-order valence-corrected chi connectivity index (χ2v) is 4.36. The Hall–Kier alpha value is -2.08. The van der Waals surface area contributed by atoms with Crippen molar-refractivity contribution in [2.24, 2.45) is 0 Å². The number of rotatable bonds is 1. The van der Waals surface area contributed by atoms with Gasteiger partial charge >= 0.3 is 0 Å². The molecular weight excluding hydrogens is 210 g/mol. The predicted octanol–water partition coefficient (Wildman–Crippen LogP) is 2.76. The highest BCUT2D eigenvalue weighted by atomic mass is 15.0. The van der Waals surface area contributed by atoms with Crippen molar-refractivity contribution in [2.45, 2.75) is 25.8 Å². The third-order valence-electron chi connectivity index (χ3n) is 3.30. The van der Waals surface area contributed by atoms with E-state index in [2.05, 4.69) is 15.6 Å². The van der Waals surface area contributed by atoms with Crippen LogP contribution in [0.15, 0.2) is 30.6 Å². The van der Waals surface area contributed by atoms with Crippen LogP contribution in [0.5, 0.6) is 0 Å². The monoisotopic (exact) mass is 223 g/mol. The van der Waals surface area contributed by atoms with Crippen molar-refractivity contribution < 1.29 is 0 Å². The molecule has 0 radical (unpaired) electrons. The quantitative estimate of drug-likeness (QED) is 0.746. The summed E-state index contributed by atoms with van der Waals surface area (Å²) in [6, 6.07) is 8.27. The van der Waals surface area contributed by atoms with Gasteiger partial charge in [0, 0.05) is 30.2 Å². The average molecular weight is 223 g/mol. The topological polar surface area (TPSA) is 41.6 Å². The van der Waals surface area contributed by atoms with Crippen molar-refractivity contribution in [2.75, 3.05) is 0 Å². The lowest BCUT2D eigenvalue weighted by Crippen LogP contribution is -2.10. The number of nitrogens with zero attached hydrogens (tertiary/aromatic N) is 3. The van der Waals surface area contributed by atoms with Crippen molar-refractivity contribution in [3.8, 4) is 17.3 Å². The fourth-order valence-electron chi connectivity index (χ4n) is 2.54. The Morgan fingerprint density at radius 3 is 3.06 bits per heavy atom. The molecule has 84 valence electrons. The van der Waals surface area contributed by atoms with Crippen LogP contribution in [0.25, 0.3) is 11.3 Å². The van der Waals surface area contributed by atoms with Crippen molar-refractivity contribution in [1.82, 2.24) is 9.55 Å². The number of aryl methyl sites for hydroxylation is 1. The third kappa shape index (κ3) is 1.62. The van der Waals surface area contributed by atoms with E-state index in [1.165, 1.54) is 18.5 Å². The molecule has 0 N–H and O–H groups in total. The highest BCUT2D eigenvalue weighted by Gasteiger charge is 2.18. The Balaban J connectivity index is 2.22. The first-order valence-corrected chi connectivity index (χ1v) is 5.93. The highest BCUT2D eigenvalue weighted by Crippen LogP contribution is 2.30. The van der Waals surface area contributed by atoms with E-state index in [9.17, 15) is 5.26 Å². The van der Waals surface area contributed by atoms with Crippen LogP contribution < -0.4 is 0 Å². The van der Waals surface area contributed by atoms with Crippen LogP contribution in [-0.2, 0) is 13.0 Å². The number of hydrogen-bond donors (Lipinski definition) is 0. The maximum absolute atomic E-state index is 9.25. The van der Waals surface area contributed by atoms with Crippen molar-refractivity contribution >= 4 is 0 Å². The van der Waals surface area contributed by atoms with Gasteiger partial charge in [-0.05, 0) is 37.5 Å². The second-order valence-electron chi connectivity index (χ2n) is 4.36. The molecule has 0 saturated heterocycles. The van der Waals surface area contributed by atoms with E-state index < -0.39 is 0 Å². The van der Waals surface area contributed by atoms with Gasteiger partial charge in [0.25, 0.3) is 0 Å². The molecule has 0 fully saturated rings. The maximum Gasteiger partial charge on any atom is 0.101 e. The van der Waals surface area contributed by atoms with Gasteiger partial charge in [-0.1, -0.05) is 0 Å². The lowest BCUT2D eigenvalue weighted by atomic mass is 10.1. The first kappa shape index (κ1) is 10.1. The molecule has 3 heteroatoms. The van der Waals surface area contributed by atoms with Gasteiger partial charge in [0.15, 0.2) is 0 Å². The Morgan fingerprint density at radius 2 is 2.29 bits per heavy atom. The standard InChI is InChI=1S/C14H13N3/c15-9-12-8-13-5-1-2-7-17(13)14(12)11-4-3-6-16-10-11/h3-4,6,8,10H,1-2,5,7H2. The Kier molecular flexibility index (Phi) is 2.41. The van der Waals surface area contributed by atoms with Gasteiger partial charge in [-0.15, -0.1) is 0 Å². The van der Waals surface area contributed by atoms with Gasteiger partial charge in [0.2, 0.25) is 0 Å². The first-order chi connectivity index (χ1) is 8.40. The van der Waals surface area contributed by atoms with Crippen LogP contribution in [-0.4, -0.2) is 9.55 Å². The minimum atomic E-state index is 0.773. The summed E-state index contributed by atoms with van der Waals surface area (Å²) >= 11 is 0. The summed E-state index contributed by atoms with van der Waals surface area (Å²) < 4.78 is 2.28. The zero-order valence-corrected chi connectivity index (χ0v) is 9.56. The molecule has 3 rings (SSSR count). The first-order valence-electron chi connectivity index (χ1n) is 5.93. The molecule has 0 saturated carbocycles. The van der Waals surface area contributed by atoms with Gasteiger partial charge in [0.1, 0.15) is 6.07 Å². The molecule has 1 aliphatic rings. The van der Waals surface area contributed by atoms with Gasteiger partial charge in [-0.2, -0.15) is 5.26 Å². The summed E-state index contributed by atoms with van der Waals surface area (Å²) in [5.41, 5.74) is 4.13. The fraction of sp³-hybridized carbons (Fsp3) is 0.286. The number of hydrogen-bond acceptors (Lipinski definition) is 2. The Morgan fingerprint density at radius 1 is 1.35 bits per heavy atom. The van der Waals surface area contributed by atoms with Gasteiger partial charge in [-0.3, -0.25) is 4.98 Å². The highest BCUT2D eigenvalue weighted by molar-refractivity contribution is 5.68. The summed E-state index contributed by atoms with van der Waals surface area (Å²) in [5, 5.41) is 9.25. The molecule has 0 aromatic carbocycles. The van der Waals surface area contributed by atoms with Crippen LogP contribution in [0.4, 0.5) is 0 Å². The molecule has 0 spiro atoms. The molecule has 0 bridgehead atoms. The summed E-state index contributed by atoms with van der Waals surface area (Å²) in [7, 11) is 0. The molecule has 0 atom stereocenters. The molecule has 3 heterocycles. The van der Waals surface area contributed by atoms with E-state index in [1.54, 1.807) is 6.20 Å². The van der Waals surface area contributed by atoms with E-state index >= 15 is 0 Å². The summed E-state index contributed by atoms with van der Waals surface area (Å²) in [6.07, 6.45) is 7.09. The van der Waals surface area contributed by atoms with Gasteiger partial charge < -0.3 is 4.57 Å². The largest absolute Gasteiger partial charge is 0.343 e. The van der Waals surface area contributed by atoms with Crippen molar-refractivity contribution in [3.63, 3.8) is 0 Å². The number of fused-ring (bicyclic) bond motifs is 1. The van der Waals surface area contributed by atoms with Crippen LogP contribution in [0.3, 0.4) is 0 Å². The van der Waals surface area contributed by atoms with Crippen LogP contribution >= 0.6 is 0 Å². The Labute approximate surface area is 100 Å². The lowest BCUT2D eigenvalue weighted by Gasteiger charge is -2.17. The summed E-state index contributed by atoms with van der Waals surface area (Å²) in [5.74, 6) is 0. The van der Waals surface area contributed by atoms with E-state index in [0.29, 0.717) is 0 Å². The van der Waals surface area contributed by atoms with E-state index in [-0.39, 0.29) is 0 Å². The van der Waals surface area contributed by atoms with Crippen molar-refractivity contribution in [3.05, 3.63) is 41.9 Å². The predicted molar refractivity (Wildman–Crippen MR) is 65.3 cm³/mol. The summed E-state index contributed by atoms with van der Waals surface area (Å²) in [6.45, 7) is 1.02. The summed E-state index contributed by atoms with van der Waals surface area (Å²) in [4.78, 5) is 4.14. The lowest BCUT2D eigenvalue weighted by molar-refractivity contribution is 0.537. The number of aromatic nitrogens is 2. The Bertz CT molecular complexity index is 576. The van der Waals surface area contributed by atoms with Gasteiger partial charge in [0.05, 0.1) is 11.3 Å². The zero-order valence-electron chi connectivity index (χ0n) is 9.56. The molecule has 2 aromatic rings. The molecule has 2 aromatic heterocycles. The smallest absolute Gasteiger partial charge is 0.101 e. The van der Waals surface area contributed by atoms with Crippen LogP contribution in [0.2, 0.25) is 0 Å². The van der Waals surface area contributed by atoms with Crippen LogP contribution in [0.1, 0.15) is 24.1 Å². The minimum absolute atomic E-state index is 0.773. The molecular formula is C14H13N3. The normalized spacial score (nSPS) is 14.1. The maximum atomic E-state index is 9.25. The molecule has 0 aliphatic carbocycles. The minimum Gasteiger partial charge on any atom is -0.343 e. The molecule has 1 aliphatic heterocycles. The van der Waals surface area contributed by atoms with E-state index in [0.717, 1.165) is 29.8 Å². The average Bonchev–Trinajstić information content (AvgIpc) is 2.78. The van der Waals surface area contributed by atoms with Gasteiger partial charge in [-0.25, -0.2) is 0 Å². The van der Waals surface area contributed by atoms with E-state index in [4.69, 9.17) is 0 Å².